The van der Waals surface area contributed by atoms with Gasteiger partial charge in [-0.25, -0.2) is 0 Å². The molecule has 0 aliphatic carbocycles. The molecule has 414 valence electrons. The van der Waals surface area contributed by atoms with Gasteiger partial charge in [-0.05, 0) is 64.2 Å². The van der Waals surface area contributed by atoms with Crippen molar-refractivity contribution in [2.24, 2.45) is 0 Å². The fraction of sp³-hybridized carbons (Fsp3) is 0.831. The monoisotopic (exact) mass is 995 g/mol. The van der Waals surface area contributed by atoms with Crippen molar-refractivity contribution in [3.8, 4) is 0 Å². The summed E-state index contributed by atoms with van der Waals surface area (Å²) in [5.41, 5.74) is 0. The number of carbonyl (C=O) groups is 3. The summed E-state index contributed by atoms with van der Waals surface area (Å²) in [7, 11) is 0. The van der Waals surface area contributed by atoms with Gasteiger partial charge in [0.05, 0.1) is 0 Å². The van der Waals surface area contributed by atoms with E-state index in [2.05, 4.69) is 69.4 Å². The Hall–Kier alpha value is -2.63. The van der Waals surface area contributed by atoms with Crippen LogP contribution in [-0.2, 0) is 28.6 Å². The van der Waals surface area contributed by atoms with E-state index in [1.165, 1.54) is 205 Å². The molecule has 0 aromatic carbocycles. The Morgan fingerprint density at radius 2 is 0.507 bits per heavy atom. The molecule has 0 fully saturated rings. The van der Waals surface area contributed by atoms with E-state index >= 15 is 0 Å². The first-order valence-corrected chi connectivity index (χ1v) is 31.1. The summed E-state index contributed by atoms with van der Waals surface area (Å²) in [6.07, 6.45) is 73.9. The molecule has 0 unspecified atom stereocenters. The standard InChI is InChI=1S/C65H118O6/c1-4-7-10-13-16-19-22-25-28-31-33-35-37-40-43-46-49-52-55-58-64(67)70-61-62(60-69-63(66)57-54-51-48-45-42-39-36-30-27-24-21-18-15-12-9-6-3)71-65(68)59-56-53-50-47-44-41-38-34-32-29-26-23-20-17-14-11-8-5-2/h16,19,25,28,33,35,40,43,62H,4-15,17-18,20-24,26-27,29-32,34,36-39,41-42,44-61H2,1-3H3/b19-16+,28-25+,35-33+,43-40+/t62-/m1/s1. The van der Waals surface area contributed by atoms with Gasteiger partial charge < -0.3 is 14.2 Å². The SMILES string of the molecule is CCCCC/C=C/C/C=C/C/C=C/C/C=C/CCCCCC(=O)OC[C@@H](COC(=O)CCCCCCCCCCCCCCCCCC)OC(=O)CCCCCCCCCCCCCCCCCCCC. The first kappa shape index (κ1) is 68.4. The minimum atomic E-state index is -0.783. The zero-order chi connectivity index (χ0) is 51.4. The van der Waals surface area contributed by atoms with Crippen LogP contribution < -0.4 is 0 Å². The number of hydrogen-bond donors (Lipinski definition) is 0. The molecule has 0 aliphatic rings. The highest BCUT2D eigenvalue weighted by Gasteiger charge is 2.19. The maximum Gasteiger partial charge on any atom is 0.306 e. The zero-order valence-corrected chi connectivity index (χ0v) is 47.5. The molecule has 0 amide bonds. The van der Waals surface area contributed by atoms with Crippen LogP contribution in [0.1, 0.15) is 329 Å². The number of rotatable bonds is 57. The van der Waals surface area contributed by atoms with Crippen LogP contribution in [0, 0.1) is 0 Å². The molecule has 6 heteroatoms. The summed E-state index contributed by atoms with van der Waals surface area (Å²) >= 11 is 0. The number of ether oxygens (including phenoxy) is 3. The summed E-state index contributed by atoms with van der Waals surface area (Å²) in [6.45, 7) is 6.64. The van der Waals surface area contributed by atoms with Gasteiger partial charge in [0.2, 0.25) is 0 Å². The van der Waals surface area contributed by atoms with Crippen molar-refractivity contribution in [3.05, 3.63) is 48.6 Å². The van der Waals surface area contributed by atoms with E-state index in [1.54, 1.807) is 0 Å². The molecule has 0 aromatic rings. The molecule has 0 aliphatic heterocycles. The fourth-order valence-electron chi connectivity index (χ4n) is 9.13. The van der Waals surface area contributed by atoms with Gasteiger partial charge in [0.1, 0.15) is 13.2 Å². The van der Waals surface area contributed by atoms with Crippen molar-refractivity contribution >= 4 is 17.9 Å². The molecule has 1 atom stereocenters. The number of allylic oxidation sites excluding steroid dienone is 8. The molecule has 0 N–H and O–H groups in total. The Morgan fingerprint density at radius 1 is 0.282 bits per heavy atom. The van der Waals surface area contributed by atoms with Crippen LogP contribution in [0.4, 0.5) is 0 Å². The Labute approximate surface area is 441 Å². The minimum Gasteiger partial charge on any atom is -0.462 e. The predicted molar refractivity (Wildman–Crippen MR) is 307 cm³/mol. The smallest absolute Gasteiger partial charge is 0.306 e. The van der Waals surface area contributed by atoms with Crippen LogP contribution in [0.15, 0.2) is 48.6 Å². The highest BCUT2D eigenvalue weighted by molar-refractivity contribution is 5.71. The Balaban J connectivity index is 4.39. The third kappa shape index (κ3) is 58.1. The summed E-state index contributed by atoms with van der Waals surface area (Å²) in [6, 6.07) is 0. The Bertz CT molecular complexity index is 1230. The van der Waals surface area contributed by atoms with E-state index in [9.17, 15) is 14.4 Å². The number of carbonyl (C=O) groups excluding carboxylic acids is 3. The fourth-order valence-corrected chi connectivity index (χ4v) is 9.13. The second-order valence-corrected chi connectivity index (χ2v) is 21.0. The van der Waals surface area contributed by atoms with E-state index in [-0.39, 0.29) is 31.1 Å². The second-order valence-electron chi connectivity index (χ2n) is 21.0. The first-order valence-electron chi connectivity index (χ1n) is 31.1. The normalized spacial score (nSPS) is 12.3. The van der Waals surface area contributed by atoms with Crippen molar-refractivity contribution in [2.75, 3.05) is 13.2 Å². The summed E-state index contributed by atoms with van der Waals surface area (Å²) in [4.78, 5) is 38.3. The molecular formula is C65H118O6. The van der Waals surface area contributed by atoms with Crippen LogP contribution in [0.5, 0.6) is 0 Å². The molecular weight excluding hydrogens is 877 g/mol. The van der Waals surface area contributed by atoms with E-state index in [0.717, 1.165) is 83.5 Å². The van der Waals surface area contributed by atoms with Gasteiger partial charge in [0.25, 0.3) is 0 Å². The maximum absolute atomic E-state index is 12.9. The topological polar surface area (TPSA) is 78.9 Å². The quantitative estimate of drug-likeness (QED) is 0.0261. The van der Waals surface area contributed by atoms with Crippen molar-refractivity contribution in [3.63, 3.8) is 0 Å². The van der Waals surface area contributed by atoms with Crippen LogP contribution in [0.2, 0.25) is 0 Å². The molecule has 0 heterocycles. The highest BCUT2D eigenvalue weighted by atomic mass is 16.6. The molecule has 0 bridgehead atoms. The molecule has 6 nitrogen and oxygen atoms in total. The van der Waals surface area contributed by atoms with Gasteiger partial charge in [0.15, 0.2) is 6.10 Å². The summed E-state index contributed by atoms with van der Waals surface area (Å²) < 4.78 is 16.9. The van der Waals surface area contributed by atoms with Gasteiger partial charge in [-0.15, -0.1) is 0 Å². The lowest BCUT2D eigenvalue weighted by Gasteiger charge is -2.18. The lowest BCUT2D eigenvalue weighted by Crippen LogP contribution is -2.30. The largest absolute Gasteiger partial charge is 0.462 e. The van der Waals surface area contributed by atoms with Gasteiger partial charge in [-0.2, -0.15) is 0 Å². The van der Waals surface area contributed by atoms with Crippen molar-refractivity contribution in [1.29, 1.82) is 0 Å². The number of hydrogen-bond acceptors (Lipinski definition) is 6. The highest BCUT2D eigenvalue weighted by Crippen LogP contribution is 2.17. The van der Waals surface area contributed by atoms with Crippen LogP contribution in [-0.4, -0.2) is 37.2 Å². The predicted octanol–water partition coefficient (Wildman–Crippen LogP) is 21.0. The van der Waals surface area contributed by atoms with Crippen LogP contribution in [0.3, 0.4) is 0 Å². The van der Waals surface area contributed by atoms with Crippen molar-refractivity contribution in [1.82, 2.24) is 0 Å². The van der Waals surface area contributed by atoms with Gasteiger partial charge in [0, 0.05) is 19.3 Å². The average molecular weight is 996 g/mol. The van der Waals surface area contributed by atoms with E-state index in [0.29, 0.717) is 19.3 Å². The molecule has 0 spiro atoms. The van der Waals surface area contributed by atoms with E-state index in [1.807, 2.05) is 0 Å². The van der Waals surface area contributed by atoms with E-state index < -0.39 is 6.10 Å². The Kier molecular flexibility index (Phi) is 57.7. The molecule has 0 saturated heterocycles. The first-order chi connectivity index (χ1) is 35.0. The maximum atomic E-state index is 12.9. The Morgan fingerprint density at radius 3 is 0.817 bits per heavy atom. The molecule has 0 radical (unpaired) electrons. The lowest BCUT2D eigenvalue weighted by atomic mass is 10.0. The third-order valence-electron chi connectivity index (χ3n) is 13.8. The average Bonchev–Trinajstić information content (AvgIpc) is 3.37. The minimum absolute atomic E-state index is 0.0785. The molecule has 0 aromatic heterocycles. The molecule has 0 saturated carbocycles. The third-order valence-corrected chi connectivity index (χ3v) is 13.8. The van der Waals surface area contributed by atoms with Crippen LogP contribution in [0.25, 0.3) is 0 Å². The summed E-state index contributed by atoms with van der Waals surface area (Å²) in [5, 5.41) is 0. The molecule has 71 heavy (non-hydrogen) atoms. The summed E-state index contributed by atoms with van der Waals surface area (Å²) in [5.74, 6) is -0.889. The van der Waals surface area contributed by atoms with Gasteiger partial charge >= 0.3 is 17.9 Å². The van der Waals surface area contributed by atoms with Crippen molar-refractivity contribution < 1.29 is 28.6 Å². The lowest BCUT2D eigenvalue weighted by molar-refractivity contribution is -0.167. The number of esters is 3. The zero-order valence-electron chi connectivity index (χ0n) is 47.5. The van der Waals surface area contributed by atoms with E-state index in [4.69, 9.17) is 14.2 Å². The van der Waals surface area contributed by atoms with Gasteiger partial charge in [-0.3, -0.25) is 14.4 Å². The van der Waals surface area contributed by atoms with Crippen molar-refractivity contribution in [2.45, 2.75) is 335 Å². The van der Waals surface area contributed by atoms with Gasteiger partial charge in [-0.1, -0.05) is 294 Å². The second kappa shape index (κ2) is 59.9. The molecule has 0 rings (SSSR count). The number of unbranched alkanes of at least 4 members (excludes halogenated alkanes) is 38. The van der Waals surface area contributed by atoms with Crippen LogP contribution >= 0.6 is 0 Å².